The molecule has 0 amide bonds. The van der Waals surface area contributed by atoms with Crippen LogP contribution in [0.15, 0.2) is 0 Å². The molecule has 0 spiro atoms. The summed E-state index contributed by atoms with van der Waals surface area (Å²) in [7, 11) is 1.56. The molecule has 1 aliphatic rings. The second-order valence-corrected chi connectivity index (χ2v) is 3.98. The molecule has 0 aromatic carbocycles. The van der Waals surface area contributed by atoms with E-state index in [1.807, 2.05) is 0 Å². The minimum absolute atomic E-state index is 0.453. The summed E-state index contributed by atoms with van der Waals surface area (Å²) in [6.45, 7) is 3.75. The van der Waals surface area contributed by atoms with Gasteiger partial charge in [-0.15, -0.1) is 0 Å². The van der Waals surface area contributed by atoms with E-state index in [4.69, 9.17) is 9.62 Å². The lowest BCUT2D eigenvalue weighted by molar-refractivity contribution is -0.282. The van der Waals surface area contributed by atoms with E-state index in [9.17, 15) is 0 Å². The summed E-state index contributed by atoms with van der Waals surface area (Å²) in [4.78, 5) is 9.59. The average molecular weight is 202 g/mol. The van der Waals surface area contributed by atoms with E-state index in [1.165, 1.54) is 19.3 Å². The second kappa shape index (κ2) is 7.21. The summed E-state index contributed by atoms with van der Waals surface area (Å²) in [5.74, 6) is 0.616. The molecule has 1 rings (SSSR count). The Morgan fingerprint density at radius 1 is 1.29 bits per heavy atom. The Labute approximate surface area is 86.7 Å². The Hall–Kier alpha value is -0.120. The van der Waals surface area contributed by atoms with Crippen molar-refractivity contribution in [1.29, 1.82) is 0 Å². The first kappa shape index (κ1) is 12.0. The van der Waals surface area contributed by atoms with Crippen LogP contribution in [0.5, 0.6) is 0 Å². The number of ether oxygens (including phenoxy) is 1. The first-order chi connectivity index (χ1) is 6.86. The third-order valence-electron chi connectivity index (χ3n) is 2.71. The van der Waals surface area contributed by atoms with E-state index >= 15 is 0 Å². The predicted octanol–water partition coefficient (Wildman–Crippen LogP) is 2.55. The fourth-order valence-electron chi connectivity index (χ4n) is 1.99. The van der Waals surface area contributed by atoms with Gasteiger partial charge in [-0.05, 0) is 31.6 Å². The maximum absolute atomic E-state index is 5.75. The van der Waals surface area contributed by atoms with Crippen molar-refractivity contribution in [1.82, 2.24) is 0 Å². The zero-order chi connectivity index (χ0) is 10.2. The lowest BCUT2D eigenvalue weighted by atomic mass is 9.88. The van der Waals surface area contributed by atoms with Crippen LogP contribution in [0.1, 0.15) is 39.0 Å². The maximum Gasteiger partial charge on any atom is 0.0851 e. The highest BCUT2D eigenvalue weighted by molar-refractivity contribution is 4.72. The van der Waals surface area contributed by atoms with Crippen LogP contribution in [0.4, 0.5) is 0 Å². The molecule has 0 aromatic rings. The van der Waals surface area contributed by atoms with E-state index in [0.29, 0.717) is 18.6 Å². The Kier molecular flexibility index (Phi) is 6.15. The van der Waals surface area contributed by atoms with Gasteiger partial charge in [-0.2, -0.15) is 0 Å². The lowest BCUT2D eigenvalue weighted by Crippen LogP contribution is -2.25. The smallest absolute Gasteiger partial charge is 0.0851 e. The number of rotatable bonds is 6. The van der Waals surface area contributed by atoms with Gasteiger partial charge in [0.2, 0.25) is 0 Å². The van der Waals surface area contributed by atoms with Crippen LogP contribution >= 0.6 is 0 Å². The molecular formula is C11H22O3. The molecule has 1 saturated carbocycles. The van der Waals surface area contributed by atoms with Crippen LogP contribution in [0, 0.1) is 5.92 Å². The standard InChI is InChI=1S/C11H22O3/c1-3-7-13-11-6-4-5-10(8-11)9-14-12-2/h10-11H,3-9H2,1-2H3/t10-,11+/m0/s1. The van der Waals surface area contributed by atoms with Gasteiger partial charge in [-0.3, -0.25) is 0 Å². The molecular weight excluding hydrogens is 180 g/mol. The Morgan fingerprint density at radius 2 is 2.14 bits per heavy atom. The third-order valence-corrected chi connectivity index (χ3v) is 2.71. The van der Waals surface area contributed by atoms with E-state index in [-0.39, 0.29) is 0 Å². The van der Waals surface area contributed by atoms with Crippen LogP contribution in [0.3, 0.4) is 0 Å². The van der Waals surface area contributed by atoms with Crippen molar-refractivity contribution >= 4 is 0 Å². The maximum atomic E-state index is 5.75. The summed E-state index contributed by atoms with van der Waals surface area (Å²) < 4.78 is 5.75. The summed E-state index contributed by atoms with van der Waals surface area (Å²) in [6, 6.07) is 0. The Bertz CT molecular complexity index is 124. The molecule has 0 radical (unpaired) electrons. The fraction of sp³-hybridized carbons (Fsp3) is 1.00. The van der Waals surface area contributed by atoms with E-state index in [0.717, 1.165) is 19.4 Å². The largest absolute Gasteiger partial charge is 0.378 e. The Morgan fingerprint density at radius 3 is 2.86 bits per heavy atom. The van der Waals surface area contributed by atoms with Gasteiger partial charge in [-0.25, -0.2) is 9.78 Å². The number of hydrogen-bond donors (Lipinski definition) is 0. The molecule has 1 aliphatic carbocycles. The average Bonchev–Trinajstić information content (AvgIpc) is 2.24. The topological polar surface area (TPSA) is 27.7 Å². The van der Waals surface area contributed by atoms with Gasteiger partial charge in [0.25, 0.3) is 0 Å². The van der Waals surface area contributed by atoms with Crippen molar-refractivity contribution in [2.24, 2.45) is 5.92 Å². The third kappa shape index (κ3) is 4.40. The van der Waals surface area contributed by atoms with Crippen molar-refractivity contribution in [3.8, 4) is 0 Å². The van der Waals surface area contributed by atoms with E-state index in [1.54, 1.807) is 7.11 Å². The van der Waals surface area contributed by atoms with Crippen molar-refractivity contribution in [3.63, 3.8) is 0 Å². The lowest BCUT2D eigenvalue weighted by Gasteiger charge is -2.28. The molecule has 14 heavy (non-hydrogen) atoms. The van der Waals surface area contributed by atoms with Gasteiger partial charge in [0.05, 0.1) is 19.8 Å². The van der Waals surface area contributed by atoms with Gasteiger partial charge < -0.3 is 4.74 Å². The highest BCUT2D eigenvalue weighted by Crippen LogP contribution is 2.26. The molecule has 0 bridgehead atoms. The minimum atomic E-state index is 0.453. The van der Waals surface area contributed by atoms with Crippen LogP contribution < -0.4 is 0 Å². The molecule has 1 fully saturated rings. The van der Waals surface area contributed by atoms with Crippen LogP contribution in [-0.2, 0) is 14.5 Å². The van der Waals surface area contributed by atoms with Crippen molar-refractivity contribution in [2.45, 2.75) is 45.1 Å². The molecule has 0 N–H and O–H groups in total. The van der Waals surface area contributed by atoms with Gasteiger partial charge in [0.1, 0.15) is 0 Å². The van der Waals surface area contributed by atoms with Crippen molar-refractivity contribution in [2.75, 3.05) is 20.3 Å². The van der Waals surface area contributed by atoms with Crippen molar-refractivity contribution < 1.29 is 14.5 Å². The normalized spacial score (nSPS) is 27.9. The monoisotopic (exact) mass is 202 g/mol. The summed E-state index contributed by atoms with van der Waals surface area (Å²) in [5, 5.41) is 0. The van der Waals surface area contributed by atoms with Crippen LogP contribution in [0.25, 0.3) is 0 Å². The van der Waals surface area contributed by atoms with Crippen LogP contribution in [0.2, 0.25) is 0 Å². The zero-order valence-corrected chi connectivity index (χ0v) is 9.33. The van der Waals surface area contributed by atoms with Gasteiger partial charge in [0.15, 0.2) is 0 Å². The summed E-state index contributed by atoms with van der Waals surface area (Å²) in [6.07, 6.45) is 6.40. The van der Waals surface area contributed by atoms with Crippen molar-refractivity contribution in [3.05, 3.63) is 0 Å². The quantitative estimate of drug-likeness (QED) is 0.489. The highest BCUT2D eigenvalue weighted by Gasteiger charge is 2.22. The molecule has 0 unspecified atom stereocenters. The highest BCUT2D eigenvalue weighted by atomic mass is 17.2. The minimum Gasteiger partial charge on any atom is -0.378 e. The molecule has 3 heteroatoms. The molecule has 0 heterocycles. The molecule has 0 saturated heterocycles. The molecule has 2 atom stereocenters. The van der Waals surface area contributed by atoms with Gasteiger partial charge in [0, 0.05) is 6.61 Å². The molecule has 3 nitrogen and oxygen atoms in total. The molecule has 84 valence electrons. The van der Waals surface area contributed by atoms with Gasteiger partial charge >= 0.3 is 0 Å². The summed E-state index contributed by atoms with van der Waals surface area (Å²) in [5.41, 5.74) is 0. The SMILES string of the molecule is CCCO[C@@H]1CCC[C@H](COOC)C1. The predicted molar refractivity (Wildman–Crippen MR) is 55.0 cm³/mol. The zero-order valence-electron chi connectivity index (χ0n) is 9.33. The molecule has 0 aromatic heterocycles. The van der Waals surface area contributed by atoms with Gasteiger partial charge in [-0.1, -0.05) is 13.3 Å². The first-order valence-electron chi connectivity index (χ1n) is 5.64. The summed E-state index contributed by atoms with van der Waals surface area (Å²) >= 11 is 0. The van der Waals surface area contributed by atoms with E-state index in [2.05, 4.69) is 11.8 Å². The Balaban J connectivity index is 2.14. The fourth-order valence-corrected chi connectivity index (χ4v) is 1.99. The number of hydrogen-bond acceptors (Lipinski definition) is 3. The first-order valence-corrected chi connectivity index (χ1v) is 5.64. The van der Waals surface area contributed by atoms with E-state index < -0.39 is 0 Å². The molecule has 0 aliphatic heterocycles. The van der Waals surface area contributed by atoms with Crippen LogP contribution in [-0.4, -0.2) is 26.4 Å². The second-order valence-electron chi connectivity index (χ2n) is 3.98.